The first-order valence-electron chi connectivity index (χ1n) is 40.0. The van der Waals surface area contributed by atoms with Gasteiger partial charge in [-0.05, 0) is 212 Å². The molecule has 10 aromatic carbocycles. The summed E-state index contributed by atoms with van der Waals surface area (Å²) in [6.07, 6.45) is 4.49. The van der Waals surface area contributed by atoms with Gasteiger partial charge >= 0.3 is 6.18 Å². The quantitative estimate of drug-likeness (QED) is 0.0532. The molecule has 1 fully saturated rings. The maximum Gasteiger partial charge on any atom is 0.416 e. The molecule has 1 saturated heterocycles. The summed E-state index contributed by atoms with van der Waals surface area (Å²) in [6, 6.07) is 46.2. The summed E-state index contributed by atoms with van der Waals surface area (Å²) in [5.74, 6) is 2.98. The molecule has 0 amide bonds. The number of halogens is 3. The molecule has 0 bridgehead atoms. The number of aryl methyl sites for hydroxylation is 5. The van der Waals surface area contributed by atoms with E-state index < -0.39 is 91.0 Å². The fourth-order valence-corrected chi connectivity index (χ4v) is 25.9. The molecule has 0 aliphatic carbocycles. The molecule has 15 aromatic rings. The molecule has 0 spiro atoms. The summed E-state index contributed by atoms with van der Waals surface area (Å²) in [4.78, 5) is 48.3. The van der Waals surface area contributed by atoms with Crippen LogP contribution in [0.2, 0.25) is 0 Å². The van der Waals surface area contributed by atoms with Crippen molar-refractivity contribution in [3.63, 3.8) is 0 Å². The number of nitrogens with two attached hydrogens (primary N) is 3. The van der Waals surface area contributed by atoms with Gasteiger partial charge in [0, 0.05) is 75.9 Å². The van der Waals surface area contributed by atoms with Crippen molar-refractivity contribution in [3.05, 3.63) is 247 Å². The first kappa shape index (κ1) is 90.7. The number of sulfonamides is 3. The second kappa shape index (κ2) is 34.8. The van der Waals surface area contributed by atoms with Crippen LogP contribution in [0.5, 0.6) is 5.75 Å². The summed E-state index contributed by atoms with van der Waals surface area (Å²) in [7, 11) is -27.8. The van der Waals surface area contributed by atoms with Crippen LogP contribution in [-0.2, 0) is 118 Å². The second-order valence-corrected chi connectivity index (χ2v) is 45.9. The molecule has 5 aromatic heterocycles. The molecule has 11 N–H and O–H groups in total. The SMILES string of the molecule is NS(=O)(=O)c1ccc(Nc2ncnc3ccc4c(c23)CCS4(=O)=O)cc1.NS(=O)(=O)c1cccc(Nc2ncnc3ccc4c(c23)CCS4(=O)=O)c1.NS(=O)(=O)c1cccc(Nc2ncnc3ccc4c(c23)CCS4(=O)=O)c1.O=S1(=O)CCc2c1ccc1ncnc(N3CCN(c4ccccc4O)CC3)c21.O=S1(=O)CCc2c1ccc1ncnc(Nc3cccc(C(F)(F)F)c3)c21. The van der Waals surface area contributed by atoms with Crippen LogP contribution < -0.4 is 46.5 Å². The molecule has 0 unspecified atom stereocenters. The lowest BCUT2D eigenvalue weighted by molar-refractivity contribution is -0.137. The van der Waals surface area contributed by atoms with E-state index in [1.54, 1.807) is 103 Å². The van der Waals surface area contributed by atoms with Gasteiger partial charge in [-0.3, -0.25) is 0 Å². The van der Waals surface area contributed by atoms with Crippen molar-refractivity contribution < 1.29 is 85.6 Å². The van der Waals surface area contributed by atoms with E-state index >= 15 is 0 Å². The van der Waals surface area contributed by atoms with Crippen molar-refractivity contribution in [1.82, 2.24) is 49.8 Å². The van der Waals surface area contributed by atoms with Gasteiger partial charge in [0.1, 0.15) is 66.5 Å². The van der Waals surface area contributed by atoms with E-state index in [1.165, 1.54) is 79.9 Å². The number of hydrogen-bond donors (Lipinski definition) is 8. The number of hydrogen-bond acceptors (Lipinski definition) is 33. The Kier molecular flexibility index (Phi) is 23.9. The number of nitrogens with one attached hydrogen (secondary N) is 4. The van der Waals surface area contributed by atoms with Gasteiger partial charge < -0.3 is 36.2 Å². The molecular weight excluding hydrogens is 1870 g/mol. The molecule has 0 saturated carbocycles. The van der Waals surface area contributed by atoms with Crippen molar-refractivity contribution in [1.29, 1.82) is 0 Å². The fraction of sp³-hybridized carbons (Fsp3) is 0.176. The summed E-state index contributed by atoms with van der Waals surface area (Å²) >= 11 is 0. The van der Waals surface area contributed by atoms with Gasteiger partial charge in [0.05, 0.1) is 107 Å². The number of aromatic hydroxyl groups is 1. The average molecular weight is 1950 g/mol. The van der Waals surface area contributed by atoms with E-state index in [9.17, 15) is 85.6 Å². The summed E-state index contributed by atoms with van der Waals surface area (Å²) in [6.45, 7) is 2.96. The molecule has 132 heavy (non-hydrogen) atoms. The van der Waals surface area contributed by atoms with Gasteiger partial charge in [-0.15, -0.1) is 0 Å². The van der Waals surface area contributed by atoms with Crippen LogP contribution in [0.4, 0.5) is 70.7 Å². The normalized spacial score (nSPS) is 16.3. The first-order chi connectivity index (χ1) is 62.6. The highest BCUT2D eigenvalue weighted by atomic mass is 32.2. The Morgan fingerprint density at radius 2 is 0.621 bits per heavy atom. The van der Waals surface area contributed by atoms with Gasteiger partial charge in [0.2, 0.25) is 30.1 Å². The minimum atomic E-state index is -4.46. The second-order valence-electron chi connectivity index (χ2n) is 30.9. The van der Waals surface area contributed by atoms with Gasteiger partial charge in [0.25, 0.3) is 0 Å². The van der Waals surface area contributed by atoms with Crippen LogP contribution >= 0.6 is 0 Å². The average Bonchev–Trinajstić information content (AvgIpc) is 1.59. The lowest BCUT2D eigenvalue weighted by Crippen LogP contribution is -2.47. The van der Waals surface area contributed by atoms with E-state index in [-0.39, 0.29) is 65.6 Å². The van der Waals surface area contributed by atoms with Crippen molar-refractivity contribution in [2.75, 3.05) is 86.0 Å². The highest BCUT2D eigenvalue weighted by molar-refractivity contribution is 7.93. The highest BCUT2D eigenvalue weighted by Gasteiger charge is 2.37. The number of phenolic OH excluding ortho intramolecular Hbond substituents is 1. The molecule has 6 aliphatic heterocycles. The Morgan fingerprint density at radius 1 is 0.318 bits per heavy atom. The molecule has 0 radical (unpaired) electrons. The molecule has 36 nitrogen and oxygen atoms in total. The number of anilines is 10. The Bertz CT molecular complexity index is 8090. The van der Waals surface area contributed by atoms with Crippen LogP contribution in [-0.4, -0.2) is 177 Å². The molecule has 680 valence electrons. The molecular formula is C85H74F3N19O17S8. The lowest BCUT2D eigenvalue weighted by atomic mass is 10.1. The monoisotopic (exact) mass is 1950 g/mol. The molecule has 47 heteroatoms. The van der Waals surface area contributed by atoms with Crippen LogP contribution in [0.3, 0.4) is 0 Å². The van der Waals surface area contributed by atoms with Gasteiger partial charge in [-0.1, -0.05) is 30.3 Å². The zero-order chi connectivity index (χ0) is 93.4. The summed E-state index contributed by atoms with van der Waals surface area (Å²) in [5.41, 5.74) is 8.45. The zero-order valence-corrected chi connectivity index (χ0v) is 75.1. The standard InChI is InChI=1S/C20H20N4O3S.C17H12F3N3O2S.3C16H14N4O4S2/c25-17-4-2-1-3-16(17)23-8-10-24(11-9-23)20-19-14-7-12-28(26,27)18(14)6-5-15(19)21-13-22-20;18-17(19,20)10-2-1-3-11(8-10)23-16-15-12-6-7-26(24,25)14(12)5-4-13(15)21-9-22-16;17-26(23,24)11-3-1-10(2-4-11)20-16-15-12-7-8-25(21,22)14(12)6-5-13(15)18-9-19-16;2*17-26(23,24)11-3-1-2-10(8-11)20-16-15-12-6-7-25(21,22)14(12)5-4-13(15)18-9-19-16/h1-6,13,25H,7-12H2;1-5,8-9H,6-7H2,(H,21,22,23);1-6,9H,7-8H2,(H2,17,23,24)(H,18,19,20);2*1-5,8-9H,6-7H2,(H2,17,23,24)(H,18,19,20). The Hall–Kier alpha value is -13.2. The topological polar surface area (TPSA) is 555 Å². The highest BCUT2D eigenvalue weighted by Crippen LogP contribution is 2.44. The number of piperazine rings is 1. The third-order valence-corrected chi connectivity index (χ3v) is 34.4. The van der Waals surface area contributed by atoms with Crippen LogP contribution in [0.1, 0.15) is 33.4 Å². The molecule has 6 aliphatic rings. The fourth-order valence-electron chi connectivity index (χ4n) is 16.5. The van der Waals surface area contributed by atoms with Crippen molar-refractivity contribution in [2.24, 2.45) is 15.4 Å². The lowest BCUT2D eigenvalue weighted by Gasteiger charge is -2.37. The van der Waals surface area contributed by atoms with E-state index in [0.717, 1.165) is 66.3 Å². The Labute approximate surface area is 752 Å². The number of nitrogens with zero attached hydrogens (tertiary/aromatic N) is 12. The van der Waals surface area contributed by atoms with Gasteiger partial charge in [-0.2, -0.15) is 13.2 Å². The molecule has 11 heterocycles. The number of primary sulfonamides is 3. The van der Waals surface area contributed by atoms with E-state index in [2.05, 4.69) is 80.9 Å². The number of rotatable bonds is 13. The minimum absolute atomic E-state index is 0.000655. The number of benzene rings is 10. The smallest absolute Gasteiger partial charge is 0.416 e. The molecule has 0 atom stereocenters. The van der Waals surface area contributed by atoms with Gasteiger partial charge in [0.15, 0.2) is 49.2 Å². The predicted molar refractivity (Wildman–Crippen MR) is 487 cm³/mol. The number of fused-ring (bicyclic) bond motifs is 15. The minimum Gasteiger partial charge on any atom is -0.506 e. The zero-order valence-electron chi connectivity index (χ0n) is 68.6. The van der Waals surface area contributed by atoms with Crippen molar-refractivity contribution in [2.45, 2.75) is 77.4 Å². The Morgan fingerprint density at radius 3 is 0.962 bits per heavy atom. The van der Waals surface area contributed by atoms with E-state index in [1.807, 2.05) is 18.2 Å². The van der Waals surface area contributed by atoms with Crippen molar-refractivity contribution in [3.8, 4) is 5.75 Å². The van der Waals surface area contributed by atoms with Crippen molar-refractivity contribution >= 4 is 191 Å². The maximum atomic E-state index is 12.9. The third kappa shape index (κ3) is 18.5. The largest absolute Gasteiger partial charge is 0.506 e. The Balaban J connectivity index is 0.000000115. The van der Waals surface area contributed by atoms with E-state index in [0.29, 0.717) is 152 Å². The number of sulfone groups is 5. The first-order valence-corrected chi connectivity index (χ1v) is 52.9. The van der Waals surface area contributed by atoms with E-state index in [4.69, 9.17) is 15.4 Å². The maximum absolute atomic E-state index is 12.9. The number of para-hydroxylation sites is 2. The number of alkyl halides is 3. The van der Waals surface area contributed by atoms with Crippen LogP contribution in [0.25, 0.3) is 54.5 Å². The summed E-state index contributed by atoms with van der Waals surface area (Å²) < 4.78 is 230. The summed E-state index contributed by atoms with van der Waals surface area (Å²) in [5, 5.41) is 40.9. The number of phenols is 1. The van der Waals surface area contributed by atoms with Crippen LogP contribution in [0, 0.1) is 0 Å². The third-order valence-electron chi connectivity index (χ3n) is 22.7. The van der Waals surface area contributed by atoms with Crippen LogP contribution in [0.15, 0.2) is 253 Å². The number of aromatic nitrogens is 10. The molecule has 21 rings (SSSR count). The predicted octanol–water partition coefficient (Wildman–Crippen LogP) is 9.77. The van der Waals surface area contributed by atoms with Gasteiger partial charge in [-0.25, -0.2) is 133 Å².